The van der Waals surface area contributed by atoms with Crippen LogP contribution in [0, 0.1) is 15.9 Å². The average Bonchev–Trinajstić information content (AvgIpc) is 3.18. The minimum Gasteiger partial charge on any atom is -0.493 e. The Balaban J connectivity index is 2.17. The summed E-state index contributed by atoms with van der Waals surface area (Å²) in [4.78, 5) is 60.2. The van der Waals surface area contributed by atoms with E-state index in [0.29, 0.717) is 15.3 Å². The second-order valence-corrected chi connectivity index (χ2v) is 8.05. The molecular formula is C22H24FN3O12. The molecule has 1 aliphatic heterocycles. The Labute approximate surface area is 213 Å². The molecule has 0 unspecified atom stereocenters. The van der Waals surface area contributed by atoms with E-state index in [9.17, 15) is 38.8 Å². The number of halogens is 1. The van der Waals surface area contributed by atoms with Crippen molar-refractivity contribution in [3.8, 4) is 11.5 Å². The Morgan fingerprint density at radius 2 is 1.68 bits per heavy atom. The first-order valence-corrected chi connectivity index (χ1v) is 10.9. The Bertz CT molecular complexity index is 1370. The van der Waals surface area contributed by atoms with E-state index in [2.05, 4.69) is 0 Å². The van der Waals surface area contributed by atoms with Gasteiger partial charge in [0.05, 0.1) is 50.1 Å². The molecule has 16 heteroatoms. The highest BCUT2D eigenvalue weighted by molar-refractivity contribution is 5.67. The normalized spacial score (nSPS) is 20.6. The van der Waals surface area contributed by atoms with Gasteiger partial charge >= 0.3 is 17.6 Å². The number of benzene rings is 1. The number of nitro groups is 1. The van der Waals surface area contributed by atoms with Gasteiger partial charge in [0.25, 0.3) is 11.2 Å². The van der Waals surface area contributed by atoms with Gasteiger partial charge < -0.3 is 28.8 Å². The Hall–Kier alpha value is -4.31. The number of aliphatic hydroxyl groups excluding tert-OH is 1. The average molecular weight is 541 g/mol. The molecule has 0 spiro atoms. The van der Waals surface area contributed by atoms with E-state index in [1.807, 2.05) is 0 Å². The van der Waals surface area contributed by atoms with E-state index < -0.39 is 77.3 Å². The van der Waals surface area contributed by atoms with Crippen molar-refractivity contribution >= 4 is 17.6 Å². The first kappa shape index (κ1) is 28.3. The minimum absolute atomic E-state index is 0.00193. The number of hydrogen-bond acceptors (Lipinski definition) is 12. The lowest BCUT2D eigenvalue weighted by Crippen LogP contribution is -2.46. The van der Waals surface area contributed by atoms with E-state index >= 15 is 0 Å². The van der Waals surface area contributed by atoms with Gasteiger partial charge in [-0.25, -0.2) is 4.79 Å². The van der Waals surface area contributed by atoms with E-state index in [4.69, 9.17) is 23.7 Å². The Kier molecular flexibility index (Phi) is 8.47. The van der Waals surface area contributed by atoms with Gasteiger partial charge in [0.1, 0.15) is 6.10 Å². The lowest BCUT2D eigenvalue weighted by molar-refractivity contribution is -0.385. The first-order valence-electron chi connectivity index (χ1n) is 10.9. The van der Waals surface area contributed by atoms with Gasteiger partial charge in [0.15, 0.2) is 29.9 Å². The Morgan fingerprint density at radius 3 is 2.21 bits per heavy atom. The molecule has 15 nitrogen and oxygen atoms in total. The van der Waals surface area contributed by atoms with Gasteiger partial charge in [0.2, 0.25) is 5.82 Å². The number of carbonyl (C=O) groups is 2. The molecule has 2 heterocycles. The minimum atomic E-state index is -1.64. The van der Waals surface area contributed by atoms with Crippen LogP contribution < -0.4 is 20.7 Å². The first-order chi connectivity index (χ1) is 17.9. The van der Waals surface area contributed by atoms with Crippen LogP contribution in [0.15, 0.2) is 27.9 Å². The van der Waals surface area contributed by atoms with Crippen molar-refractivity contribution in [1.29, 1.82) is 0 Å². The zero-order chi connectivity index (χ0) is 28.3. The van der Waals surface area contributed by atoms with E-state index in [1.54, 1.807) is 0 Å². The van der Waals surface area contributed by atoms with Crippen molar-refractivity contribution in [1.82, 2.24) is 9.13 Å². The molecule has 206 valence electrons. The van der Waals surface area contributed by atoms with Gasteiger partial charge in [-0.1, -0.05) is 0 Å². The third-order valence-electron chi connectivity index (χ3n) is 5.61. The largest absolute Gasteiger partial charge is 0.493 e. The van der Waals surface area contributed by atoms with Crippen LogP contribution in [0.2, 0.25) is 0 Å². The van der Waals surface area contributed by atoms with E-state index in [-0.39, 0.29) is 17.1 Å². The summed E-state index contributed by atoms with van der Waals surface area (Å²) in [5.41, 5.74) is -3.36. The van der Waals surface area contributed by atoms with Crippen LogP contribution >= 0.6 is 0 Å². The highest BCUT2D eigenvalue weighted by Crippen LogP contribution is 2.35. The number of nitro benzene ring substituents is 1. The van der Waals surface area contributed by atoms with Gasteiger partial charge in [-0.2, -0.15) is 4.39 Å². The predicted molar refractivity (Wildman–Crippen MR) is 122 cm³/mol. The predicted octanol–water partition coefficient (Wildman–Crippen LogP) is -0.124. The van der Waals surface area contributed by atoms with Crippen LogP contribution in [0.1, 0.15) is 25.6 Å². The van der Waals surface area contributed by atoms with Gasteiger partial charge in [-0.05, 0) is 6.07 Å². The quantitative estimate of drug-likeness (QED) is 0.252. The maximum absolute atomic E-state index is 14.8. The van der Waals surface area contributed by atoms with Crippen LogP contribution in [0.3, 0.4) is 0 Å². The maximum Gasteiger partial charge on any atom is 0.333 e. The second kappa shape index (κ2) is 11.4. The summed E-state index contributed by atoms with van der Waals surface area (Å²) in [5.74, 6) is -3.10. The molecule has 4 atom stereocenters. The van der Waals surface area contributed by atoms with Crippen LogP contribution in [0.4, 0.5) is 10.1 Å². The highest BCUT2D eigenvalue weighted by Gasteiger charge is 2.50. The van der Waals surface area contributed by atoms with Gasteiger partial charge in [-0.15, -0.1) is 0 Å². The number of nitrogens with zero attached hydrogens (tertiary/aromatic N) is 3. The summed E-state index contributed by atoms with van der Waals surface area (Å²) < 4.78 is 41.8. The molecule has 0 aliphatic carbocycles. The molecule has 0 amide bonds. The summed E-state index contributed by atoms with van der Waals surface area (Å²) in [6.07, 6.45) is -5.33. The lowest BCUT2D eigenvalue weighted by atomic mass is 10.1. The molecule has 1 N–H and O–H groups in total. The number of aromatic nitrogens is 2. The fourth-order valence-corrected chi connectivity index (χ4v) is 4.02. The van der Waals surface area contributed by atoms with Gasteiger partial charge in [-0.3, -0.25) is 33.6 Å². The number of methoxy groups -OCH3 is 2. The fraction of sp³-hybridized carbons (Fsp3) is 0.455. The molecule has 1 aromatic heterocycles. The Morgan fingerprint density at radius 1 is 1.11 bits per heavy atom. The molecule has 1 saturated heterocycles. The molecule has 0 saturated carbocycles. The topological polar surface area (TPSA) is 188 Å². The van der Waals surface area contributed by atoms with Crippen molar-refractivity contribution in [2.45, 2.75) is 44.9 Å². The molecular weight excluding hydrogens is 517 g/mol. The second-order valence-electron chi connectivity index (χ2n) is 8.05. The smallest absolute Gasteiger partial charge is 0.333 e. The van der Waals surface area contributed by atoms with Crippen molar-refractivity contribution < 1.29 is 47.7 Å². The summed E-state index contributed by atoms with van der Waals surface area (Å²) >= 11 is 0. The number of ether oxygens (including phenoxy) is 5. The molecule has 1 fully saturated rings. The summed E-state index contributed by atoms with van der Waals surface area (Å²) in [7, 11) is 2.51. The molecule has 1 aromatic carbocycles. The fourth-order valence-electron chi connectivity index (χ4n) is 4.02. The summed E-state index contributed by atoms with van der Waals surface area (Å²) in [6, 6.07) is 2.17. The number of rotatable bonds is 9. The maximum atomic E-state index is 14.8. The highest BCUT2D eigenvalue weighted by atomic mass is 19.1. The third kappa shape index (κ3) is 5.50. The molecule has 0 radical (unpaired) electrons. The zero-order valence-corrected chi connectivity index (χ0v) is 20.6. The summed E-state index contributed by atoms with van der Waals surface area (Å²) in [6.45, 7) is 0.568. The SMILES string of the molecule is COc1cc(Cn2c(=O)c(F)cn([C@@H]3O[C@H](CO)[C@@H](OC(C)=O)[C@H]3OC(C)=O)c2=O)c([N+](=O)[O-])cc1OC. The molecule has 2 aromatic rings. The van der Waals surface area contributed by atoms with E-state index in [0.717, 1.165) is 26.0 Å². The standard InChI is InChI=1S/C22H24FN3O12/c1-10(28)36-18-17(9-27)38-21(19(18)37-11(2)29)25-8-13(23)20(30)24(22(25)31)7-12-5-15(34-3)16(35-4)6-14(12)26(32)33/h5-6,8,17-19,21,27H,7,9H2,1-4H3/t17-,18-,19-,21-/m1/s1. The molecule has 38 heavy (non-hydrogen) atoms. The number of carbonyl (C=O) groups excluding carboxylic acids is 2. The van der Waals surface area contributed by atoms with Crippen molar-refractivity contribution in [2.75, 3.05) is 20.8 Å². The van der Waals surface area contributed by atoms with Crippen LogP contribution in [-0.4, -0.2) is 70.2 Å². The number of aliphatic hydroxyl groups is 1. The zero-order valence-electron chi connectivity index (χ0n) is 20.6. The van der Waals surface area contributed by atoms with Crippen molar-refractivity contribution in [2.24, 2.45) is 0 Å². The van der Waals surface area contributed by atoms with Gasteiger partial charge in [0, 0.05) is 13.8 Å². The van der Waals surface area contributed by atoms with Crippen LogP contribution in [0.5, 0.6) is 11.5 Å². The molecule has 3 rings (SSSR count). The molecule has 0 bridgehead atoms. The van der Waals surface area contributed by atoms with Crippen LogP contribution in [-0.2, 0) is 30.3 Å². The number of esters is 2. The monoisotopic (exact) mass is 541 g/mol. The van der Waals surface area contributed by atoms with E-state index in [1.165, 1.54) is 14.2 Å². The van der Waals surface area contributed by atoms with Crippen molar-refractivity contribution in [3.05, 3.63) is 60.7 Å². The lowest BCUT2D eigenvalue weighted by Gasteiger charge is -2.24. The summed E-state index contributed by atoms with van der Waals surface area (Å²) in [5, 5.41) is 21.4. The third-order valence-corrected chi connectivity index (χ3v) is 5.61. The molecule has 1 aliphatic rings. The van der Waals surface area contributed by atoms with Crippen LogP contribution in [0.25, 0.3) is 0 Å². The van der Waals surface area contributed by atoms with Crippen molar-refractivity contribution in [3.63, 3.8) is 0 Å². The number of hydrogen-bond donors (Lipinski definition) is 1.